The van der Waals surface area contributed by atoms with Crippen molar-refractivity contribution in [1.29, 1.82) is 0 Å². The van der Waals surface area contributed by atoms with Gasteiger partial charge in [0.1, 0.15) is 9.75 Å². The molecule has 4 bridgehead atoms. The molecule has 2 atom stereocenters. The highest BCUT2D eigenvalue weighted by molar-refractivity contribution is 7.91. The SMILES string of the molecule is NC(=O)C12CC3CC(C1)C(NC(=O)C1(NS(=O)(=O)c4cccs4)CC1)C(C3)C2. The van der Waals surface area contributed by atoms with Crippen LogP contribution in [0.25, 0.3) is 0 Å². The average molecular weight is 424 g/mol. The second-order valence-electron chi connectivity index (χ2n) is 9.23. The van der Waals surface area contributed by atoms with Gasteiger partial charge >= 0.3 is 0 Å². The second kappa shape index (κ2) is 6.03. The first kappa shape index (κ1) is 18.6. The summed E-state index contributed by atoms with van der Waals surface area (Å²) in [5, 5.41) is 4.88. The van der Waals surface area contributed by atoms with Crippen molar-refractivity contribution in [1.82, 2.24) is 10.0 Å². The van der Waals surface area contributed by atoms with E-state index >= 15 is 0 Å². The van der Waals surface area contributed by atoms with Crippen LogP contribution in [0.15, 0.2) is 21.7 Å². The molecule has 9 heteroatoms. The van der Waals surface area contributed by atoms with E-state index in [0.29, 0.717) is 18.8 Å². The van der Waals surface area contributed by atoms with Crippen LogP contribution in [0.4, 0.5) is 0 Å². The normalized spacial score (nSPS) is 37.6. The Bertz CT molecular complexity index is 907. The molecule has 7 nitrogen and oxygen atoms in total. The molecule has 1 heterocycles. The van der Waals surface area contributed by atoms with Crippen molar-refractivity contribution in [3.63, 3.8) is 0 Å². The molecule has 28 heavy (non-hydrogen) atoms. The van der Waals surface area contributed by atoms with Gasteiger partial charge in [-0.2, -0.15) is 4.72 Å². The van der Waals surface area contributed by atoms with Crippen molar-refractivity contribution in [3.05, 3.63) is 17.5 Å². The third kappa shape index (κ3) is 2.81. The van der Waals surface area contributed by atoms with Gasteiger partial charge in [0, 0.05) is 11.5 Å². The fraction of sp³-hybridized carbons (Fsp3) is 0.684. The maximum atomic E-state index is 13.1. The zero-order valence-corrected chi connectivity index (χ0v) is 17.2. The average Bonchev–Trinajstić information content (AvgIpc) is 3.17. The third-order valence-electron chi connectivity index (χ3n) is 7.37. The van der Waals surface area contributed by atoms with Gasteiger partial charge in [0.15, 0.2) is 0 Å². The largest absolute Gasteiger partial charge is 0.369 e. The zero-order valence-electron chi connectivity index (χ0n) is 15.5. The molecule has 5 aliphatic carbocycles. The number of nitrogens with one attached hydrogen (secondary N) is 2. The van der Waals surface area contributed by atoms with Gasteiger partial charge in [0.2, 0.25) is 11.8 Å². The summed E-state index contributed by atoms with van der Waals surface area (Å²) >= 11 is 1.14. The fourth-order valence-electron chi connectivity index (χ4n) is 6.08. The first-order valence-electron chi connectivity index (χ1n) is 9.91. The van der Waals surface area contributed by atoms with E-state index in [4.69, 9.17) is 5.73 Å². The van der Waals surface area contributed by atoms with Crippen molar-refractivity contribution in [2.24, 2.45) is 28.9 Å². The van der Waals surface area contributed by atoms with Crippen LogP contribution in [0.2, 0.25) is 0 Å². The summed E-state index contributed by atoms with van der Waals surface area (Å²) in [4.78, 5) is 25.1. The van der Waals surface area contributed by atoms with Gasteiger partial charge in [-0.3, -0.25) is 9.59 Å². The molecule has 5 fully saturated rings. The Hall–Kier alpha value is -1.45. The number of carbonyl (C=O) groups excluding carboxylic acids is 2. The molecule has 2 unspecified atom stereocenters. The topological polar surface area (TPSA) is 118 Å². The van der Waals surface area contributed by atoms with Gasteiger partial charge in [-0.05, 0) is 74.1 Å². The van der Waals surface area contributed by atoms with Crippen molar-refractivity contribution >= 4 is 33.2 Å². The number of hydrogen-bond donors (Lipinski definition) is 3. The maximum Gasteiger partial charge on any atom is 0.251 e. The Kier molecular flexibility index (Phi) is 4.00. The predicted molar refractivity (Wildman–Crippen MR) is 104 cm³/mol. The lowest BCUT2D eigenvalue weighted by Gasteiger charge is -2.59. The summed E-state index contributed by atoms with van der Waals surface area (Å²) in [6.45, 7) is 0. The van der Waals surface area contributed by atoms with E-state index in [-0.39, 0.29) is 33.9 Å². The van der Waals surface area contributed by atoms with Gasteiger partial charge < -0.3 is 11.1 Å². The molecule has 6 rings (SSSR count). The molecular weight excluding hydrogens is 398 g/mol. The van der Waals surface area contributed by atoms with Crippen LogP contribution >= 0.6 is 11.3 Å². The lowest BCUT2D eigenvalue weighted by atomic mass is 9.47. The van der Waals surface area contributed by atoms with Gasteiger partial charge in [0.25, 0.3) is 10.0 Å². The first-order valence-corrected chi connectivity index (χ1v) is 12.3. The second-order valence-corrected chi connectivity index (χ2v) is 12.1. The molecule has 0 saturated heterocycles. The van der Waals surface area contributed by atoms with Crippen LogP contribution in [0, 0.1) is 23.2 Å². The lowest BCUT2D eigenvalue weighted by molar-refractivity contribution is -0.147. The summed E-state index contributed by atoms with van der Waals surface area (Å²) in [6.07, 6.45) is 5.44. The lowest BCUT2D eigenvalue weighted by Crippen LogP contribution is -2.63. The number of thiophene rings is 1. The molecule has 0 aliphatic heterocycles. The Morgan fingerprint density at radius 2 is 1.82 bits per heavy atom. The minimum Gasteiger partial charge on any atom is -0.369 e. The summed E-state index contributed by atoms with van der Waals surface area (Å²) in [6, 6.07) is 3.24. The molecule has 1 aromatic rings. The maximum absolute atomic E-state index is 13.1. The van der Waals surface area contributed by atoms with E-state index in [0.717, 1.165) is 43.4 Å². The summed E-state index contributed by atoms with van der Waals surface area (Å²) in [5.74, 6) is 0.613. The Morgan fingerprint density at radius 3 is 2.36 bits per heavy atom. The van der Waals surface area contributed by atoms with Crippen molar-refractivity contribution < 1.29 is 18.0 Å². The summed E-state index contributed by atoms with van der Waals surface area (Å²) in [7, 11) is -3.69. The minimum absolute atomic E-state index is 0.0141. The fourth-order valence-corrected chi connectivity index (χ4v) is 8.49. The summed E-state index contributed by atoms with van der Waals surface area (Å²) in [5.41, 5.74) is 4.31. The van der Waals surface area contributed by atoms with Crippen molar-refractivity contribution in [2.45, 2.75) is 60.7 Å². The minimum atomic E-state index is -3.69. The molecule has 152 valence electrons. The monoisotopic (exact) mass is 423 g/mol. The van der Waals surface area contributed by atoms with Crippen LogP contribution in [-0.4, -0.2) is 31.8 Å². The van der Waals surface area contributed by atoms with E-state index in [1.807, 2.05) is 0 Å². The molecule has 0 aromatic carbocycles. The quantitative estimate of drug-likeness (QED) is 0.640. The number of sulfonamides is 1. The van der Waals surface area contributed by atoms with Gasteiger partial charge in [-0.25, -0.2) is 8.42 Å². The molecular formula is C19H25N3O4S2. The Morgan fingerprint density at radius 1 is 1.14 bits per heavy atom. The van der Waals surface area contributed by atoms with E-state index in [2.05, 4.69) is 10.0 Å². The third-order valence-corrected chi connectivity index (χ3v) is 10.3. The van der Waals surface area contributed by atoms with E-state index in [9.17, 15) is 18.0 Å². The van der Waals surface area contributed by atoms with Gasteiger partial charge in [-0.15, -0.1) is 11.3 Å². The number of primary amides is 1. The number of carbonyl (C=O) groups is 2. The summed E-state index contributed by atoms with van der Waals surface area (Å²) < 4.78 is 28.0. The molecule has 2 amide bonds. The van der Waals surface area contributed by atoms with Gasteiger partial charge in [0.05, 0.1) is 0 Å². The van der Waals surface area contributed by atoms with E-state index in [1.54, 1.807) is 17.5 Å². The molecule has 1 aromatic heterocycles. The molecule has 0 radical (unpaired) electrons. The predicted octanol–water partition coefficient (Wildman–Crippen LogP) is 1.36. The standard InChI is InChI=1S/C19H25N3O4S2/c20-16(23)18-8-11-6-12(9-18)15(13(7-11)10-18)21-17(24)19(3-4-19)22-28(25,26)14-2-1-5-27-14/h1-2,5,11-13,15,22H,3-4,6-10H2,(H2,20,23)(H,21,24). The number of amides is 2. The zero-order chi connectivity index (χ0) is 19.7. The van der Waals surface area contributed by atoms with Crippen LogP contribution in [0.3, 0.4) is 0 Å². The van der Waals surface area contributed by atoms with Crippen LogP contribution in [0.1, 0.15) is 44.9 Å². The molecule has 0 spiro atoms. The van der Waals surface area contributed by atoms with Crippen molar-refractivity contribution in [3.8, 4) is 0 Å². The molecule has 4 N–H and O–H groups in total. The number of hydrogen-bond acceptors (Lipinski definition) is 5. The Balaban J connectivity index is 1.31. The Labute approximate surface area is 168 Å². The number of nitrogens with two attached hydrogens (primary N) is 1. The highest BCUT2D eigenvalue weighted by Gasteiger charge is 2.60. The van der Waals surface area contributed by atoms with Crippen molar-refractivity contribution in [2.75, 3.05) is 0 Å². The highest BCUT2D eigenvalue weighted by Crippen LogP contribution is 2.60. The van der Waals surface area contributed by atoms with Crippen LogP contribution in [-0.2, 0) is 19.6 Å². The van der Waals surface area contributed by atoms with E-state index in [1.165, 1.54) is 0 Å². The number of rotatable bonds is 6. The van der Waals surface area contributed by atoms with Crippen LogP contribution in [0.5, 0.6) is 0 Å². The molecule has 5 aliphatic rings. The first-order chi connectivity index (χ1) is 13.2. The van der Waals surface area contributed by atoms with E-state index < -0.39 is 21.0 Å². The molecule has 5 saturated carbocycles. The van der Waals surface area contributed by atoms with Crippen LogP contribution < -0.4 is 15.8 Å². The highest BCUT2D eigenvalue weighted by atomic mass is 32.2. The van der Waals surface area contributed by atoms with Gasteiger partial charge in [-0.1, -0.05) is 6.07 Å². The smallest absolute Gasteiger partial charge is 0.251 e.